The maximum atomic E-state index is 3.60. The number of hydrogen-bond acceptors (Lipinski definition) is 6. The van der Waals surface area contributed by atoms with Crippen LogP contribution in [0.5, 0.6) is 0 Å². The van der Waals surface area contributed by atoms with Gasteiger partial charge in [-0.2, -0.15) is 0 Å². The van der Waals surface area contributed by atoms with Crippen molar-refractivity contribution in [3.05, 3.63) is 0 Å². The summed E-state index contributed by atoms with van der Waals surface area (Å²) in [6.07, 6.45) is 7.91. The second kappa shape index (κ2) is 15.0. The summed E-state index contributed by atoms with van der Waals surface area (Å²) in [6, 6.07) is 2.05. The molecule has 0 aromatic rings. The fraction of sp³-hybridized carbons (Fsp3) is 1.00. The molecule has 0 aromatic carbocycles. The molecule has 3 fully saturated rings. The first-order valence-corrected chi connectivity index (χ1v) is 13.7. The number of nitrogens with one attached hydrogen (secondary N) is 6. The van der Waals surface area contributed by atoms with Crippen molar-refractivity contribution in [2.24, 2.45) is 0 Å². The van der Waals surface area contributed by atoms with E-state index in [9.17, 15) is 0 Å². The fourth-order valence-corrected chi connectivity index (χ4v) is 4.76. The molecule has 3 rings (SSSR count). The van der Waals surface area contributed by atoms with E-state index in [-0.39, 0.29) is 16.6 Å². The van der Waals surface area contributed by atoms with Crippen LogP contribution >= 0.6 is 0 Å². The van der Waals surface area contributed by atoms with E-state index in [2.05, 4.69) is 94.2 Å². The minimum Gasteiger partial charge on any atom is -0.315 e. The lowest BCUT2D eigenvalue weighted by Gasteiger charge is -2.31. The standard InChI is InChI=1S/3C9H20N2/c3*1-9(2,3)11-8-5-4-6-10-7-8/h3*8,10-11H,4-7H2,1-3H3/t2*8-;/m10./s1. The van der Waals surface area contributed by atoms with Crippen LogP contribution in [0.25, 0.3) is 0 Å². The van der Waals surface area contributed by atoms with Crippen molar-refractivity contribution in [2.45, 2.75) is 136 Å². The zero-order valence-corrected chi connectivity index (χ0v) is 23.7. The van der Waals surface area contributed by atoms with Crippen molar-refractivity contribution in [3.63, 3.8) is 0 Å². The fourth-order valence-electron chi connectivity index (χ4n) is 4.76. The first-order valence-electron chi connectivity index (χ1n) is 13.7. The predicted octanol–water partition coefficient (Wildman–Crippen LogP) is 3.38. The number of hydrogen-bond donors (Lipinski definition) is 6. The van der Waals surface area contributed by atoms with E-state index < -0.39 is 0 Å². The third kappa shape index (κ3) is 18.7. The quantitative estimate of drug-likeness (QED) is 0.382. The lowest BCUT2D eigenvalue weighted by Crippen LogP contribution is -2.50. The predicted molar refractivity (Wildman–Crippen MR) is 146 cm³/mol. The summed E-state index contributed by atoms with van der Waals surface area (Å²) in [5.41, 5.74) is 0.803. The summed E-state index contributed by atoms with van der Waals surface area (Å²) in [4.78, 5) is 0. The Balaban J connectivity index is 0.000000247. The van der Waals surface area contributed by atoms with E-state index in [1.165, 1.54) is 58.2 Å². The second-order valence-electron chi connectivity index (χ2n) is 13.3. The van der Waals surface area contributed by atoms with Crippen molar-refractivity contribution in [1.29, 1.82) is 0 Å². The molecule has 0 aromatic heterocycles. The largest absolute Gasteiger partial charge is 0.315 e. The topological polar surface area (TPSA) is 72.2 Å². The van der Waals surface area contributed by atoms with Gasteiger partial charge in [0.1, 0.15) is 0 Å². The molecule has 3 heterocycles. The summed E-state index contributed by atoms with van der Waals surface area (Å²) in [5.74, 6) is 0. The van der Waals surface area contributed by atoms with E-state index in [1.807, 2.05) is 0 Å². The molecule has 0 aliphatic carbocycles. The van der Waals surface area contributed by atoms with Crippen LogP contribution in [0.3, 0.4) is 0 Å². The van der Waals surface area contributed by atoms with Gasteiger partial charge in [-0.3, -0.25) is 0 Å². The van der Waals surface area contributed by atoms with Crippen LogP contribution in [0, 0.1) is 0 Å². The van der Waals surface area contributed by atoms with Gasteiger partial charge < -0.3 is 31.9 Å². The Morgan fingerprint density at radius 3 is 0.848 bits per heavy atom. The first kappa shape index (κ1) is 30.8. The van der Waals surface area contributed by atoms with Crippen molar-refractivity contribution >= 4 is 0 Å². The maximum absolute atomic E-state index is 3.60. The summed E-state index contributed by atoms with van der Waals surface area (Å²) < 4.78 is 0. The summed E-state index contributed by atoms with van der Waals surface area (Å²) in [6.45, 7) is 27.0. The Hall–Kier alpha value is -0.240. The van der Waals surface area contributed by atoms with Gasteiger partial charge in [-0.15, -0.1) is 0 Å². The molecule has 3 aliphatic rings. The minimum atomic E-state index is 0.268. The molecule has 0 amide bonds. The Labute approximate surface area is 207 Å². The Bertz CT molecular complexity index is 399. The summed E-state index contributed by atoms with van der Waals surface area (Å²) >= 11 is 0. The zero-order valence-electron chi connectivity index (χ0n) is 23.7. The van der Waals surface area contributed by atoms with Crippen LogP contribution in [-0.2, 0) is 0 Å². The minimum absolute atomic E-state index is 0.268. The molecule has 33 heavy (non-hydrogen) atoms. The third-order valence-corrected chi connectivity index (χ3v) is 5.80. The first-order chi connectivity index (χ1) is 15.2. The highest BCUT2D eigenvalue weighted by molar-refractivity contribution is 4.83. The van der Waals surface area contributed by atoms with Crippen LogP contribution in [0.4, 0.5) is 0 Å². The van der Waals surface area contributed by atoms with Gasteiger partial charge >= 0.3 is 0 Å². The molecule has 3 saturated heterocycles. The van der Waals surface area contributed by atoms with Gasteiger partial charge in [-0.25, -0.2) is 0 Å². The normalized spacial score (nSPS) is 27.0. The zero-order chi connectivity index (χ0) is 25.0. The van der Waals surface area contributed by atoms with Crippen LogP contribution < -0.4 is 31.9 Å². The van der Waals surface area contributed by atoms with Crippen LogP contribution in [0.1, 0.15) is 101 Å². The van der Waals surface area contributed by atoms with Gasteiger partial charge in [0.05, 0.1) is 0 Å². The Kier molecular flexibility index (Phi) is 14.0. The second-order valence-corrected chi connectivity index (χ2v) is 13.3. The summed E-state index contributed by atoms with van der Waals surface area (Å²) in [5, 5.41) is 21.0. The monoisotopic (exact) mass is 468 g/mol. The lowest BCUT2D eigenvalue weighted by molar-refractivity contribution is 0.307. The van der Waals surface area contributed by atoms with Crippen LogP contribution in [0.2, 0.25) is 0 Å². The van der Waals surface area contributed by atoms with E-state index in [0.717, 1.165) is 19.6 Å². The molecule has 0 bridgehead atoms. The average molecular weight is 469 g/mol. The Morgan fingerprint density at radius 1 is 0.455 bits per heavy atom. The molecule has 0 radical (unpaired) electrons. The van der Waals surface area contributed by atoms with Gasteiger partial charge in [0, 0.05) is 54.4 Å². The number of rotatable bonds is 3. The smallest absolute Gasteiger partial charge is 0.0197 e. The molecule has 1 unspecified atom stereocenters. The third-order valence-electron chi connectivity index (χ3n) is 5.80. The van der Waals surface area contributed by atoms with Crippen LogP contribution in [-0.4, -0.2) is 74.0 Å². The van der Waals surface area contributed by atoms with Crippen molar-refractivity contribution in [3.8, 4) is 0 Å². The molecule has 6 N–H and O–H groups in total. The highest BCUT2D eigenvalue weighted by Gasteiger charge is 2.20. The number of piperidine rings is 3. The van der Waals surface area contributed by atoms with E-state index in [4.69, 9.17) is 0 Å². The van der Waals surface area contributed by atoms with Gasteiger partial charge in [0.2, 0.25) is 0 Å². The van der Waals surface area contributed by atoms with E-state index >= 15 is 0 Å². The van der Waals surface area contributed by atoms with Gasteiger partial charge in [-0.1, -0.05) is 0 Å². The molecule has 3 aliphatic heterocycles. The van der Waals surface area contributed by atoms with Gasteiger partial charge in [-0.05, 0) is 120 Å². The van der Waals surface area contributed by atoms with E-state index in [1.54, 1.807) is 0 Å². The molecule has 0 spiro atoms. The molecule has 6 nitrogen and oxygen atoms in total. The van der Waals surface area contributed by atoms with Crippen molar-refractivity contribution in [1.82, 2.24) is 31.9 Å². The van der Waals surface area contributed by atoms with E-state index in [0.29, 0.717) is 18.1 Å². The van der Waals surface area contributed by atoms with Gasteiger partial charge in [0.15, 0.2) is 0 Å². The maximum Gasteiger partial charge on any atom is 0.0197 e. The Morgan fingerprint density at radius 2 is 0.697 bits per heavy atom. The molecular weight excluding hydrogens is 408 g/mol. The average Bonchev–Trinajstić information content (AvgIpc) is 2.67. The van der Waals surface area contributed by atoms with Crippen molar-refractivity contribution in [2.75, 3.05) is 39.3 Å². The highest BCUT2D eigenvalue weighted by atomic mass is 15.1. The molecule has 198 valence electrons. The lowest BCUT2D eigenvalue weighted by atomic mass is 10.0. The molecular formula is C27H60N6. The molecule has 0 saturated carbocycles. The van der Waals surface area contributed by atoms with Gasteiger partial charge in [0.25, 0.3) is 0 Å². The summed E-state index contributed by atoms with van der Waals surface area (Å²) in [7, 11) is 0. The van der Waals surface area contributed by atoms with Crippen molar-refractivity contribution < 1.29 is 0 Å². The SMILES string of the molecule is CC(C)(C)NC1CCCNC1.CC(C)(C)N[C@@H]1CCCNC1.CC(C)(C)N[C@H]1CCCNC1. The molecule has 6 heteroatoms. The van der Waals surface area contributed by atoms with Crippen LogP contribution in [0.15, 0.2) is 0 Å². The highest BCUT2D eigenvalue weighted by Crippen LogP contribution is 2.09. The molecule has 3 atom stereocenters.